The smallest absolute Gasteiger partial charge is 0.354 e. The summed E-state index contributed by atoms with van der Waals surface area (Å²) in [5, 5.41) is 9.11. The van der Waals surface area contributed by atoms with Gasteiger partial charge in [0.25, 0.3) is 5.91 Å². The van der Waals surface area contributed by atoms with Gasteiger partial charge in [-0.25, -0.2) is 9.78 Å². The van der Waals surface area contributed by atoms with Crippen LogP contribution in [0, 0.1) is 5.92 Å². The molecule has 1 N–H and O–H groups in total. The molecule has 25 heavy (non-hydrogen) atoms. The van der Waals surface area contributed by atoms with Crippen molar-refractivity contribution < 1.29 is 19.4 Å². The highest BCUT2D eigenvalue weighted by atomic mass is 16.5. The average Bonchev–Trinajstić information content (AvgIpc) is 3.47. The van der Waals surface area contributed by atoms with Crippen molar-refractivity contribution in [2.45, 2.75) is 25.8 Å². The van der Waals surface area contributed by atoms with Crippen molar-refractivity contribution >= 4 is 17.6 Å². The molecule has 1 saturated carbocycles. The number of aromatic carboxylic acids is 1. The molecule has 0 radical (unpaired) electrons. The summed E-state index contributed by atoms with van der Waals surface area (Å²) in [5.41, 5.74) is 0.939. The molecular formula is C19H20N2O4. The summed E-state index contributed by atoms with van der Waals surface area (Å²) < 4.78 is 5.18. The van der Waals surface area contributed by atoms with Gasteiger partial charge in [0.05, 0.1) is 7.11 Å². The molecule has 1 unspecified atom stereocenters. The number of pyridine rings is 1. The summed E-state index contributed by atoms with van der Waals surface area (Å²) >= 11 is 0. The monoisotopic (exact) mass is 340 g/mol. The van der Waals surface area contributed by atoms with Crippen molar-refractivity contribution in [1.29, 1.82) is 0 Å². The second-order valence-electron chi connectivity index (χ2n) is 6.19. The quantitative estimate of drug-likeness (QED) is 0.873. The van der Waals surface area contributed by atoms with E-state index in [2.05, 4.69) is 4.98 Å². The number of carboxylic acid groups (broad SMARTS) is 1. The summed E-state index contributed by atoms with van der Waals surface area (Å²) in [6, 6.07) is 10.2. The summed E-state index contributed by atoms with van der Waals surface area (Å²) in [7, 11) is 1.59. The molecule has 1 aliphatic carbocycles. The number of hydrogen-bond acceptors (Lipinski definition) is 4. The number of carbonyl (C=O) groups excluding carboxylic acids is 1. The first kappa shape index (κ1) is 17.0. The Bertz CT molecular complexity index is 784. The van der Waals surface area contributed by atoms with Crippen LogP contribution in [0.5, 0.6) is 5.75 Å². The predicted octanol–water partition coefficient (Wildman–Crippen LogP) is 3.23. The van der Waals surface area contributed by atoms with Crippen LogP contribution in [0.1, 0.15) is 40.6 Å². The second-order valence-corrected chi connectivity index (χ2v) is 6.19. The third kappa shape index (κ3) is 3.63. The third-order valence-corrected chi connectivity index (χ3v) is 4.51. The standard InChI is InChI=1S/C19H20N2O4/c1-12(13-3-4-13)21(15-5-7-16(25-2)8-6-15)18(22)14-9-10-20-17(11-14)19(23)24/h5-13H,3-4H2,1-2H3,(H,23,24). The highest BCUT2D eigenvalue weighted by Crippen LogP contribution is 2.37. The van der Waals surface area contributed by atoms with Gasteiger partial charge < -0.3 is 14.7 Å². The van der Waals surface area contributed by atoms with Gasteiger partial charge in [0.15, 0.2) is 0 Å². The van der Waals surface area contributed by atoms with E-state index >= 15 is 0 Å². The predicted molar refractivity (Wildman–Crippen MR) is 93.2 cm³/mol. The van der Waals surface area contributed by atoms with Crippen LogP contribution in [0.2, 0.25) is 0 Å². The topological polar surface area (TPSA) is 79.7 Å². The number of hydrogen-bond donors (Lipinski definition) is 1. The zero-order chi connectivity index (χ0) is 18.0. The second kappa shape index (κ2) is 6.93. The minimum atomic E-state index is -1.15. The number of rotatable bonds is 6. The normalized spacial score (nSPS) is 14.6. The van der Waals surface area contributed by atoms with Crippen LogP contribution in [-0.2, 0) is 0 Å². The Hall–Kier alpha value is -2.89. The first-order chi connectivity index (χ1) is 12.0. The lowest BCUT2D eigenvalue weighted by molar-refractivity contribution is 0.0690. The van der Waals surface area contributed by atoms with E-state index in [4.69, 9.17) is 9.84 Å². The SMILES string of the molecule is COc1ccc(N(C(=O)c2ccnc(C(=O)O)c2)C(C)C2CC2)cc1. The maximum absolute atomic E-state index is 13.1. The van der Waals surface area contributed by atoms with E-state index in [1.54, 1.807) is 18.1 Å². The van der Waals surface area contributed by atoms with Crippen LogP contribution in [0.3, 0.4) is 0 Å². The Balaban J connectivity index is 1.97. The molecule has 130 valence electrons. The number of nitrogens with zero attached hydrogens (tertiary/aromatic N) is 2. The molecule has 1 fully saturated rings. The number of carboxylic acids is 1. The third-order valence-electron chi connectivity index (χ3n) is 4.51. The Kier molecular flexibility index (Phi) is 4.70. The van der Waals surface area contributed by atoms with E-state index in [9.17, 15) is 9.59 Å². The summed E-state index contributed by atoms with van der Waals surface area (Å²) in [4.78, 5) is 29.8. The lowest BCUT2D eigenvalue weighted by Gasteiger charge is -2.30. The average molecular weight is 340 g/mol. The fourth-order valence-electron chi connectivity index (χ4n) is 2.89. The maximum Gasteiger partial charge on any atom is 0.354 e. The lowest BCUT2D eigenvalue weighted by atomic mass is 10.1. The van der Waals surface area contributed by atoms with E-state index in [0.717, 1.165) is 18.5 Å². The number of benzene rings is 1. The van der Waals surface area contributed by atoms with Crippen LogP contribution in [0.25, 0.3) is 0 Å². The van der Waals surface area contributed by atoms with Gasteiger partial charge in [0.1, 0.15) is 11.4 Å². The minimum Gasteiger partial charge on any atom is -0.497 e. The zero-order valence-electron chi connectivity index (χ0n) is 14.2. The number of anilines is 1. The number of carbonyl (C=O) groups is 2. The van der Waals surface area contributed by atoms with Crippen molar-refractivity contribution in [3.8, 4) is 5.75 Å². The van der Waals surface area contributed by atoms with Crippen LogP contribution < -0.4 is 9.64 Å². The van der Waals surface area contributed by atoms with Crippen LogP contribution in [0.15, 0.2) is 42.6 Å². The fraction of sp³-hybridized carbons (Fsp3) is 0.316. The molecule has 6 nitrogen and oxygen atoms in total. The van der Waals surface area contributed by atoms with Gasteiger partial charge in [-0.15, -0.1) is 0 Å². The van der Waals surface area contributed by atoms with Gasteiger partial charge in [-0.1, -0.05) is 0 Å². The van der Waals surface area contributed by atoms with Gasteiger partial charge in [-0.2, -0.15) is 0 Å². The number of amides is 1. The van der Waals surface area contributed by atoms with E-state index in [0.29, 0.717) is 17.2 Å². The van der Waals surface area contributed by atoms with Crippen LogP contribution in [-0.4, -0.2) is 35.1 Å². The van der Waals surface area contributed by atoms with Crippen LogP contribution >= 0.6 is 0 Å². The molecule has 1 heterocycles. The Labute approximate surface area is 146 Å². The van der Waals surface area contributed by atoms with E-state index < -0.39 is 5.97 Å². The molecular weight excluding hydrogens is 320 g/mol. The Morgan fingerprint density at radius 2 is 1.92 bits per heavy atom. The first-order valence-corrected chi connectivity index (χ1v) is 8.18. The summed E-state index contributed by atoms with van der Waals surface area (Å²) in [5.74, 6) is -0.200. The van der Waals surface area contributed by atoms with Crippen molar-refractivity contribution in [2.24, 2.45) is 5.92 Å². The van der Waals surface area contributed by atoms with Gasteiger partial charge >= 0.3 is 5.97 Å². The molecule has 1 amide bonds. The highest BCUT2D eigenvalue weighted by Gasteiger charge is 2.35. The van der Waals surface area contributed by atoms with Gasteiger partial charge in [-0.05, 0) is 62.1 Å². The molecule has 0 aliphatic heterocycles. The van der Waals surface area contributed by atoms with Crippen molar-refractivity contribution in [1.82, 2.24) is 4.98 Å². The summed E-state index contributed by atoms with van der Waals surface area (Å²) in [6.45, 7) is 2.03. The largest absolute Gasteiger partial charge is 0.497 e. The van der Waals surface area contributed by atoms with Gasteiger partial charge in [0.2, 0.25) is 0 Å². The molecule has 0 saturated heterocycles. The highest BCUT2D eigenvalue weighted by molar-refractivity contribution is 6.07. The van der Waals surface area contributed by atoms with Crippen molar-refractivity contribution in [2.75, 3.05) is 12.0 Å². The Morgan fingerprint density at radius 3 is 2.48 bits per heavy atom. The molecule has 0 spiro atoms. The number of aromatic nitrogens is 1. The van der Waals surface area contributed by atoms with Crippen LogP contribution in [0.4, 0.5) is 5.69 Å². The zero-order valence-corrected chi connectivity index (χ0v) is 14.2. The molecule has 2 aromatic rings. The van der Waals surface area contributed by atoms with E-state index in [-0.39, 0.29) is 17.6 Å². The summed E-state index contributed by atoms with van der Waals surface area (Å²) in [6.07, 6.45) is 3.54. The van der Waals surface area contributed by atoms with E-state index in [1.165, 1.54) is 12.3 Å². The van der Waals surface area contributed by atoms with Gasteiger partial charge in [-0.3, -0.25) is 4.79 Å². The number of ether oxygens (including phenoxy) is 1. The first-order valence-electron chi connectivity index (χ1n) is 8.18. The molecule has 1 aromatic heterocycles. The molecule has 6 heteroatoms. The minimum absolute atomic E-state index is 0.0299. The maximum atomic E-state index is 13.1. The molecule has 0 bridgehead atoms. The fourth-order valence-corrected chi connectivity index (χ4v) is 2.89. The molecule has 1 atom stereocenters. The van der Waals surface area contributed by atoms with Crippen molar-refractivity contribution in [3.05, 3.63) is 53.9 Å². The lowest BCUT2D eigenvalue weighted by Crippen LogP contribution is -2.40. The van der Waals surface area contributed by atoms with Crippen molar-refractivity contribution in [3.63, 3.8) is 0 Å². The van der Waals surface area contributed by atoms with Gasteiger partial charge in [0, 0.05) is 23.5 Å². The molecule has 3 rings (SSSR count). The number of methoxy groups -OCH3 is 1. The molecule has 1 aromatic carbocycles. The van der Waals surface area contributed by atoms with E-state index in [1.807, 2.05) is 31.2 Å². The Morgan fingerprint density at radius 1 is 1.24 bits per heavy atom. The molecule has 1 aliphatic rings.